The van der Waals surface area contributed by atoms with Crippen molar-refractivity contribution in [3.05, 3.63) is 124 Å². The zero-order valence-electron chi connectivity index (χ0n) is 28.4. The fourth-order valence-electron chi connectivity index (χ4n) is 6.51. The summed E-state index contributed by atoms with van der Waals surface area (Å²) < 4.78 is 18.7. The summed E-state index contributed by atoms with van der Waals surface area (Å²) in [4.78, 5) is 46.4. The van der Waals surface area contributed by atoms with E-state index in [2.05, 4.69) is 25.3 Å². The lowest BCUT2D eigenvalue weighted by atomic mass is 9.77. The number of H-pyrrole nitrogens is 1. The van der Waals surface area contributed by atoms with Crippen LogP contribution >= 0.6 is 0 Å². The van der Waals surface area contributed by atoms with Crippen LogP contribution in [0.5, 0.6) is 17.4 Å². The predicted molar refractivity (Wildman–Crippen MR) is 191 cm³/mol. The number of anilines is 3. The number of imidazole rings is 1. The highest BCUT2D eigenvalue weighted by molar-refractivity contribution is 6.00. The number of carbonyl (C=O) groups excluding carboxylic acids is 2. The van der Waals surface area contributed by atoms with E-state index in [-0.39, 0.29) is 25.0 Å². The molecule has 1 spiro atoms. The molecule has 0 saturated heterocycles. The van der Waals surface area contributed by atoms with E-state index in [4.69, 9.17) is 19.9 Å². The maximum absolute atomic E-state index is 13.6. The molecule has 2 aliphatic rings. The van der Waals surface area contributed by atoms with Crippen LogP contribution in [0, 0.1) is 0 Å². The summed E-state index contributed by atoms with van der Waals surface area (Å²) in [6, 6.07) is 24.4. The van der Waals surface area contributed by atoms with E-state index in [1.54, 1.807) is 18.2 Å². The van der Waals surface area contributed by atoms with Gasteiger partial charge in [0.2, 0.25) is 11.8 Å². The summed E-state index contributed by atoms with van der Waals surface area (Å²) >= 11 is 0. The molecule has 4 N–H and O–H groups in total. The van der Waals surface area contributed by atoms with Gasteiger partial charge in [0.1, 0.15) is 23.6 Å². The van der Waals surface area contributed by atoms with E-state index >= 15 is 0 Å². The van der Waals surface area contributed by atoms with Crippen LogP contribution in [0.25, 0.3) is 11.2 Å². The van der Waals surface area contributed by atoms with Gasteiger partial charge >= 0.3 is 5.97 Å². The predicted octanol–water partition coefficient (Wildman–Crippen LogP) is 5.14. The van der Waals surface area contributed by atoms with Crippen LogP contribution in [-0.4, -0.2) is 60.0 Å². The minimum atomic E-state index is -1.31. The summed E-state index contributed by atoms with van der Waals surface area (Å²) in [5.41, 5.74) is 11.9. The molecule has 0 saturated carbocycles. The average Bonchev–Trinajstić information content (AvgIpc) is 3.72. The molecule has 2 aromatic heterocycles. The summed E-state index contributed by atoms with van der Waals surface area (Å²) in [5.74, 6) is 0.787. The van der Waals surface area contributed by atoms with Gasteiger partial charge < -0.3 is 40.0 Å². The van der Waals surface area contributed by atoms with Gasteiger partial charge in [-0.15, -0.1) is 0 Å². The van der Waals surface area contributed by atoms with Gasteiger partial charge in [-0.1, -0.05) is 24.3 Å². The van der Waals surface area contributed by atoms with Crippen LogP contribution in [0.3, 0.4) is 0 Å². The number of nitrogens with zero attached hydrogens (tertiary/aromatic N) is 5. The third-order valence-electron chi connectivity index (χ3n) is 9.19. The van der Waals surface area contributed by atoms with Crippen molar-refractivity contribution >= 4 is 40.4 Å². The maximum Gasteiger partial charge on any atom is 0.340 e. The number of amides is 1. The Morgan fingerprint density at radius 2 is 1.53 bits per heavy atom. The average molecular weight is 683 g/mol. The first-order chi connectivity index (χ1) is 24.6. The van der Waals surface area contributed by atoms with Crippen LogP contribution in [0.15, 0.2) is 85.2 Å². The second kappa shape index (κ2) is 12.1. The zero-order valence-corrected chi connectivity index (χ0v) is 28.4. The Morgan fingerprint density at radius 1 is 0.863 bits per heavy atom. The third-order valence-corrected chi connectivity index (χ3v) is 9.19. The third kappa shape index (κ3) is 5.39. The first-order valence-corrected chi connectivity index (χ1v) is 16.3. The Balaban J connectivity index is 1.05. The Kier molecular flexibility index (Phi) is 7.47. The van der Waals surface area contributed by atoms with Crippen molar-refractivity contribution in [3.8, 4) is 17.4 Å². The summed E-state index contributed by atoms with van der Waals surface area (Å²) in [5, 5.41) is 3.01. The minimum Gasteiger partial charge on any atom is -0.471 e. The number of fused-ring (bicyclic) bond motifs is 7. The summed E-state index contributed by atoms with van der Waals surface area (Å²) in [6.07, 6.45) is 1.51. The molecule has 13 heteroatoms. The molecular formula is C38H34N8O5. The number of hydrogen-bond acceptors (Lipinski definition) is 11. The molecule has 0 fully saturated rings. The number of carbonyl (C=O) groups is 2. The molecule has 256 valence electrons. The molecule has 0 atom stereocenters. The quantitative estimate of drug-likeness (QED) is 0.182. The van der Waals surface area contributed by atoms with E-state index in [0.717, 1.165) is 22.5 Å². The molecule has 8 rings (SSSR count). The van der Waals surface area contributed by atoms with Crippen LogP contribution in [0.4, 0.5) is 17.3 Å². The number of hydrogen-bond donors (Lipinski definition) is 3. The number of benzene rings is 4. The standard InChI is InChI=1S/C38H34N8O5/c1-45(2)24-10-13-27-30(16-24)50-31-17-25(46(3)4)11-14-28(31)38(27)29-15-23(9-12-26(29)36(48)51-38)34(47)40-18-21-5-7-22(8-6-21)19-49-35-32-33(42-20-41-32)43-37(39)44-35/h5-17,20H,18-19H2,1-4H3,(H,40,47)(H3,39,41,42,43,44). The van der Waals surface area contributed by atoms with E-state index in [0.29, 0.717) is 56.4 Å². The van der Waals surface area contributed by atoms with Crippen LogP contribution in [0.1, 0.15) is 48.5 Å². The van der Waals surface area contributed by atoms with Gasteiger partial charge in [-0.05, 0) is 53.6 Å². The molecule has 4 heterocycles. The van der Waals surface area contributed by atoms with E-state index < -0.39 is 11.6 Å². The van der Waals surface area contributed by atoms with Crippen LogP contribution in [-0.2, 0) is 23.5 Å². The molecule has 13 nitrogen and oxygen atoms in total. The maximum atomic E-state index is 13.6. The monoisotopic (exact) mass is 682 g/mol. The number of nitrogens with two attached hydrogens (primary N) is 1. The molecule has 4 aromatic carbocycles. The Bertz CT molecular complexity index is 2290. The second-order valence-corrected chi connectivity index (χ2v) is 12.9. The van der Waals surface area contributed by atoms with Crippen molar-refractivity contribution in [2.24, 2.45) is 0 Å². The first-order valence-electron chi connectivity index (χ1n) is 16.3. The lowest BCUT2D eigenvalue weighted by Gasteiger charge is -2.37. The molecule has 2 aliphatic heterocycles. The lowest BCUT2D eigenvalue weighted by Crippen LogP contribution is -2.33. The van der Waals surface area contributed by atoms with Gasteiger partial charge in [0, 0.05) is 80.5 Å². The SMILES string of the molecule is CN(C)c1ccc2c(c1)Oc1cc(N(C)C)ccc1C21OC(=O)c2ccc(C(=O)NCc3ccc(COc4nc(N)nc5nc[nH]c45)cc3)cc21. The van der Waals surface area contributed by atoms with Crippen molar-refractivity contribution in [2.75, 3.05) is 43.7 Å². The number of rotatable bonds is 8. The van der Waals surface area contributed by atoms with E-state index in [1.807, 2.05) is 98.7 Å². The van der Waals surface area contributed by atoms with Crippen molar-refractivity contribution < 1.29 is 23.8 Å². The topological polar surface area (TPSA) is 161 Å². The normalized spacial score (nSPS) is 13.5. The number of aromatic nitrogens is 4. The molecule has 0 radical (unpaired) electrons. The first kappa shape index (κ1) is 31.6. The lowest BCUT2D eigenvalue weighted by molar-refractivity contribution is 0.0224. The van der Waals surface area contributed by atoms with Gasteiger partial charge in [-0.2, -0.15) is 9.97 Å². The molecular weight excluding hydrogens is 648 g/mol. The fraction of sp³-hybridized carbons (Fsp3) is 0.184. The Morgan fingerprint density at radius 3 is 2.20 bits per heavy atom. The van der Waals surface area contributed by atoms with Crippen molar-refractivity contribution in [1.29, 1.82) is 0 Å². The van der Waals surface area contributed by atoms with Gasteiger partial charge in [0.05, 0.1) is 11.9 Å². The zero-order chi connectivity index (χ0) is 35.4. The number of aromatic amines is 1. The highest BCUT2D eigenvalue weighted by Crippen LogP contribution is 2.57. The minimum absolute atomic E-state index is 0.0768. The Labute approximate surface area is 293 Å². The van der Waals surface area contributed by atoms with Crippen molar-refractivity contribution in [2.45, 2.75) is 18.8 Å². The highest BCUT2D eigenvalue weighted by atomic mass is 16.6. The summed E-state index contributed by atoms with van der Waals surface area (Å²) in [7, 11) is 7.81. The van der Waals surface area contributed by atoms with Crippen molar-refractivity contribution in [3.63, 3.8) is 0 Å². The molecule has 0 bridgehead atoms. The smallest absolute Gasteiger partial charge is 0.340 e. The number of nitrogen functional groups attached to an aromatic ring is 1. The van der Waals surface area contributed by atoms with Gasteiger partial charge in [0.25, 0.3) is 5.91 Å². The molecule has 6 aromatic rings. The second-order valence-electron chi connectivity index (χ2n) is 12.9. The largest absolute Gasteiger partial charge is 0.471 e. The van der Waals surface area contributed by atoms with E-state index in [9.17, 15) is 9.59 Å². The van der Waals surface area contributed by atoms with E-state index in [1.165, 1.54) is 6.33 Å². The van der Waals surface area contributed by atoms with Crippen LogP contribution in [0.2, 0.25) is 0 Å². The molecule has 51 heavy (non-hydrogen) atoms. The molecule has 0 aliphatic carbocycles. The van der Waals surface area contributed by atoms with Crippen LogP contribution < -0.4 is 30.3 Å². The number of nitrogens with one attached hydrogen (secondary N) is 2. The van der Waals surface area contributed by atoms with Gasteiger partial charge in [-0.3, -0.25) is 4.79 Å². The van der Waals surface area contributed by atoms with Gasteiger partial charge in [0.15, 0.2) is 11.2 Å². The number of esters is 1. The summed E-state index contributed by atoms with van der Waals surface area (Å²) in [6.45, 7) is 0.536. The van der Waals surface area contributed by atoms with Gasteiger partial charge in [-0.25, -0.2) is 9.78 Å². The number of ether oxygens (including phenoxy) is 3. The Hall–Kier alpha value is -6.63. The fourth-order valence-corrected chi connectivity index (χ4v) is 6.51. The molecule has 0 unspecified atom stereocenters. The van der Waals surface area contributed by atoms with Crippen molar-refractivity contribution in [1.82, 2.24) is 25.3 Å². The molecule has 1 amide bonds. The highest BCUT2D eigenvalue weighted by Gasteiger charge is 2.54.